The molecule has 0 aliphatic carbocycles. The van der Waals surface area contributed by atoms with E-state index in [9.17, 15) is 13.2 Å². The maximum Gasteiger partial charge on any atom is 0.407 e. The Morgan fingerprint density at radius 3 is 2.29 bits per heavy atom. The SMILES string of the molecule is CSCC(C)NC(c1ccccc1)C(F)(F)F. The van der Waals surface area contributed by atoms with Crippen LogP contribution in [0.4, 0.5) is 13.2 Å². The molecule has 0 radical (unpaired) electrons. The summed E-state index contributed by atoms with van der Waals surface area (Å²) in [5.41, 5.74) is 0.257. The topological polar surface area (TPSA) is 12.0 Å². The van der Waals surface area contributed by atoms with Gasteiger partial charge in [-0.25, -0.2) is 0 Å². The summed E-state index contributed by atoms with van der Waals surface area (Å²) in [4.78, 5) is 0. The van der Waals surface area contributed by atoms with Gasteiger partial charge in [0.05, 0.1) is 0 Å². The zero-order valence-corrected chi connectivity index (χ0v) is 10.6. The highest BCUT2D eigenvalue weighted by Gasteiger charge is 2.41. The Morgan fingerprint density at radius 2 is 1.82 bits per heavy atom. The number of nitrogens with one attached hydrogen (secondary N) is 1. The van der Waals surface area contributed by atoms with Crippen LogP contribution in [0.5, 0.6) is 0 Å². The highest BCUT2D eigenvalue weighted by Crippen LogP contribution is 2.32. The first kappa shape index (κ1) is 14.4. The molecule has 0 heterocycles. The van der Waals surface area contributed by atoms with Crippen molar-refractivity contribution in [2.75, 3.05) is 12.0 Å². The van der Waals surface area contributed by atoms with Crippen molar-refractivity contribution in [3.8, 4) is 0 Å². The van der Waals surface area contributed by atoms with Crippen LogP contribution >= 0.6 is 11.8 Å². The molecule has 0 saturated carbocycles. The second-order valence-electron chi connectivity index (χ2n) is 3.91. The Labute approximate surface area is 104 Å². The van der Waals surface area contributed by atoms with Crippen LogP contribution in [-0.4, -0.2) is 24.2 Å². The predicted molar refractivity (Wildman–Crippen MR) is 66.2 cm³/mol. The first-order chi connectivity index (χ1) is 7.95. The van der Waals surface area contributed by atoms with Crippen LogP contribution < -0.4 is 5.32 Å². The highest BCUT2D eigenvalue weighted by molar-refractivity contribution is 7.98. The molecule has 0 fully saturated rings. The number of halogens is 3. The largest absolute Gasteiger partial charge is 0.407 e. The zero-order valence-electron chi connectivity index (χ0n) is 9.79. The molecule has 2 unspecified atom stereocenters. The standard InChI is InChI=1S/C12H16F3NS/c1-9(8-17-2)16-11(12(13,14)15)10-6-4-3-5-7-10/h3-7,9,11,16H,8H2,1-2H3. The van der Waals surface area contributed by atoms with Gasteiger partial charge in [0.15, 0.2) is 0 Å². The van der Waals surface area contributed by atoms with E-state index in [0.29, 0.717) is 5.75 Å². The fourth-order valence-electron chi connectivity index (χ4n) is 1.61. The molecule has 0 spiro atoms. The summed E-state index contributed by atoms with van der Waals surface area (Å²) < 4.78 is 38.8. The molecule has 0 saturated heterocycles. The highest BCUT2D eigenvalue weighted by atomic mass is 32.2. The van der Waals surface area contributed by atoms with Crippen molar-refractivity contribution in [2.45, 2.75) is 25.2 Å². The van der Waals surface area contributed by atoms with E-state index in [1.165, 1.54) is 23.9 Å². The lowest BCUT2D eigenvalue weighted by Crippen LogP contribution is -2.40. The molecular formula is C12H16F3NS. The van der Waals surface area contributed by atoms with E-state index in [2.05, 4.69) is 5.32 Å². The number of thioether (sulfide) groups is 1. The molecule has 0 aliphatic heterocycles. The van der Waals surface area contributed by atoms with Crippen molar-refractivity contribution in [2.24, 2.45) is 0 Å². The second-order valence-corrected chi connectivity index (χ2v) is 4.82. The van der Waals surface area contributed by atoms with E-state index >= 15 is 0 Å². The summed E-state index contributed by atoms with van der Waals surface area (Å²) >= 11 is 1.53. The smallest absolute Gasteiger partial charge is 0.299 e. The van der Waals surface area contributed by atoms with Crippen LogP contribution in [0.3, 0.4) is 0 Å². The van der Waals surface area contributed by atoms with Gasteiger partial charge in [-0.3, -0.25) is 5.32 Å². The van der Waals surface area contributed by atoms with Crippen molar-refractivity contribution >= 4 is 11.8 Å². The van der Waals surface area contributed by atoms with Crippen molar-refractivity contribution in [1.82, 2.24) is 5.32 Å². The molecule has 2 atom stereocenters. The fraction of sp³-hybridized carbons (Fsp3) is 0.500. The third kappa shape index (κ3) is 4.60. The minimum absolute atomic E-state index is 0.183. The molecule has 0 aliphatic rings. The van der Waals surface area contributed by atoms with E-state index in [0.717, 1.165) is 0 Å². The summed E-state index contributed by atoms with van der Waals surface area (Å²) in [6, 6.07) is 6.17. The van der Waals surface area contributed by atoms with Gasteiger partial charge in [0, 0.05) is 11.8 Å². The number of hydrogen-bond acceptors (Lipinski definition) is 2. The number of benzene rings is 1. The molecule has 1 aromatic rings. The average Bonchev–Trinajstić information content (AvgIpc) is 2.26. The van der Waals surface area contributed by atoms with Gasteiger partial charge < -0.3 is 0 Å². The summed E-state index contributed by atoms with van der Waals surface area (Å²) in [6.07, 6.45) is -2.39. The molecule has 1 nitrogen and oxygen atoms in total. The first-order valence-corrected chi connectivity index (χ1v) is 6.71. The van der Waals surface area contributed by atoms with Gasteiger partial charge in [-0.05, 0) is 18.7 Å². The first-order valence-electron chi connectivity index (χ1n) is 5.31. The predicted octanol–water partition coefficient (Wildman–Crippen LogP) is 3.63. The normalized spacial score (nSPS) is 15.6. The lowest BCUT2D eigenvalue weighted by Gasteiger charge is -2.25. The van der Waals surface area contributed by atoms with Crippen LogP contribution in [0.1, 0.15) is 18.5 Å². The molecular weight excluding hydrogens is 247 g/mol. The van der Waals surface area contributed by atoms with E-state index in [1.807, 2.05) is 6.26 Å². The van der Waals surface area contributed by atoms with Gasteiger partial charge in [-0.2, -0.15) is 24.9 Å². The number of rotatable bonds is 5. The number of hydrogen-bond donors (Lipinski definition) is 1. The molecule has 96 valence electrons. The molecule has 0 bridgehead atoms. The minimum Gasteiger partial charge on any atom is -0.299 e. The summed E-state index contributed by atoms with van der Waals surface area (Å²) in [5, 5.41) is 2.63. The Kier molecular flexibility index (Phi) is 5.33. The average molecular weight is 263 g/mol. The monoisotopic (exact) mass is 263 g/mol. The summed E-state index contributed by atoms with van der Waals surface area (Å²) in [6.45, 7) is 1.76. The van der Waals surface area contributed by atoms with Crippen LogP contribution in [0.25, 0.3) is 0 Å². The Hall–Kier alpha value is -0.680. The third-order valence-corrected chi connectivity index (χ3v) is 3.16. The van der Waals surface area contributed by atoms with Crippen LogP contribution in [0.15, 0.2) is 30.3 Å². The fourth-order valence-corrected chi connectivity index (χ4v) is 2.20. The molecule has 0 amide bonds. The van der Waals surface area contributed by atoms with E-state index in [-0.39, 0.29) is 11.6 Å². The Balaban J connectivity index is 2.83. The van der Waals surface area contributed by atoms with Crippen molar-refractivity contribution < 1.29 is 13.2 Å². The Morgan fingerprint density at radius 1 is 1.24 bits per heavy atom. The van der Waals surface area contributed by atoms with Crippen molar-refractivity contribution in [1.29, 1.82) is 0 Å². The van der Waals surface area contributed by atoms with Gasteiger partial charge in [0.25, 0.3) is 0 Å². The maximum atomic E-state index is 12.9. The molecule has 1 aromatic carbocycles. The number of alkyl halides is 3. The minimum atomic E-state index is -4.27. The molecule has 0 aromatic heterocycles. The Bertz CT molecular complexity index is 326. The van der Waals surface area contributed by atoms with Gasteiger partial charge >= 0.3 is 6.18 Å². The lowest BCUT2D eigenvalue weighted by atomic mass is 10.1. The van der Waals surface area contributed by atoms with Crippen molar-refractivity contribution in [3.63, 3.8) is 0 Å². The van der Waals surface area contributed by atoms with Crippen LogP contribution in [0, 0.1) is 0 Å². The quantitative estimate of drug-likeness (QED) is 0.870. The molecule has 1 N–H and O–H groups in total. The zero-order chi connectivity index (χ0) is 12.9. The second kappa shape index (κ2) is 6.31. The van der Waals surface area contributed by atoms with Crippen LogP contribution in [0.2, 0.25) is 0 Å². The third-order valence-electron chi connectivity index (χ3n) is 2.33. The van der Waals surface area contributed by atoms with Gasteiger partial charge in [0.1, 0.15) is 6.04 Å². The lowest BCUT2D eigenvalue weighted by molar-refractivity contribution is -0.159. The molecule has 17 heavy (non-hydrogen) atoms. The van der Waals surface area contributed by atoms with Crippen molar-refractivity contribution in [3.05, 3.63) is 35.9 Å². The molecule has 5 heteroatoms. The van der Waals surface area contributed by atoms with Gasteiger partial charge in [0.2, 0.25) is 0 Å². The maximum absolute atomic E-state index is 12.9. The van der Waals surface area contributed by atoms with Gasteiger partial charge in [-0.15, -0.1) is 0 Å². The van der Waals surface area contributed by atoms with E-state index < -0.39 is 12.2 Å². The summed E-state index contributed by atoms with van der Waals surface area (Å²) in [5.74, 6) is 0.652. The molecule has 1 rings (SSSR count). The van der Waals surface area contributed by atoms with Crippen LogP contribution in [-0.2, 0) is 0 Å². The van der Waals surface area contributed by atoms with E-state index in [1.54, 1.807) is 25.1 Å². The van der Waals surface area contributed by atoms with Gasteiger partial charge in [-0.1, -0.05) is 30.3 Å². The van der Waals surface area contributed by atoms with E-state index in [4.69, 9.17) is 0 Å². The summed E-state index contributed by atoms with van der Waals surface area (Å²) in [7, 11) is 0.